The molecule has 24 heavy (non-hydrogen) atoms. The van der Waals surface area contributed by atoms with Gasteiger partial charge in [-0.3, -0.25) is 10.1 Å². The predicted molar refractivity (Wildman–Crippen MR) is 94.1 cm³/mol. The van der Waals surface area contributed by atoms with E-state index in [-0.39, 0.29) is 12.5 Å². The molecule has 1 N–H and O–H groups in total. The Morgan fingerprint density at radius 2 is 2.04 bits per heavy atom. The summed E-state index contributed by atoms with van der Waals surface area (Å²) in [6.07, 6.45) is -0.685. The van der Waals surface area contributed by atoms with E-state index >= 15 is 0 Å². The fourth-order valence-corrected chi connectivity index (χ4v) is 3.68. The lowest BCUT2D eigenvalue weighted by molar-refractivity contribution is -0.125. The van der Waals surface area contributed by atoms with Crippen molar-refractivity contribution in [3.8, 4) is 11.5 Å². The highest BCUT2D eigenvalue weighted by Crippen LogP contribution is 2.32. The van der Waals surface area contributed by atoms with E-state index in [1.54, 1.807) is 6.07 Å². The van der Waals surface area contributed by atoms with Gasteiger partial charge in [0.05, 0.1) is 10.2 Å². The highest BCUT2D eigenvalue weighted by molar-refractivity contribution is 7.22. The van der Waals surface area contributed by atoms with Crippen molar-refractivity contribution in [3.05, 3.63) is 47.5 Å². The third kappa shape index (κ3) is 2.69. The van der Waals surface area contributed by atoms with Crippen LogP contribution in [0.25, 0.3) is 10.2 Å². The van der Waals surface area contributed by atoms with Crippen LogP contribution < -0.4 is 14.8 Å². The Morgan fingerprint density at radius 3 is 2.88 bits per heavy atom. The van der Waals surface area contributed by atoms with Crippen molar-refractivity contribution in [2.45, 2.75) is 20.0 Å². The number of fused-ring (bicyclic) bond motifs is 2. The minimum Gasteiger partial charge on any atom is -0.485 e. The number of hydrogen-bond acceptors (Lipinski definition) is 5. The third-order valence-corrected chi connectivity index (χ3v) is 4.97. The van der Waals surface area contributed by atoms with Crippen LogP contribution in [-0.4, -0.2) is 23.6 Å². The van der Waals surface area contributed by atoms with Crippen LogP contribution in [0.15, 0.2) is 36.4 Å². The monoisotopic (exact) mass is 340 g/mol. The summed E-state index contributed by atoms with van der Waals surface area (Å²) in [5.74, 6) is 0.991. The first-order chi connectivity index (χ1) is 11.6. The largest absolute Gasteiger partial charge is 0.485 e. The molecule has 0 saturated heterocycles. The first-order valence-electron chi connectivity index (χ1n) is 7.67. The van der Waals surface area contributed by atoms with Gasteiger partial charge in [0, 0.05) is 0 Å². The maximum atomic E-state index is 12.5. The lowest BCUT2D eigenvalue weighted by Gasteiger charge is -2.25. The minimum absolute atomic E-state index is 0.186. The van der Waals surface area contributed by atoms with Gasteiger partial charge in [-0.05, 0) is 43.2 Å². The van der Waals surface area contributed by atoms with E-state index in [4.69, 9.17) is 9.47 Å². The van der Waals surface area contributed by atoms with Crippen molar-refractivity contribution < 1.29 is 14.3 Å². The molecule has 122 valence electrons. The molecule has 1 aromatic heterocycles. The van der Waals surface area contributed by atoms with Crippen LogP contribution in [0.2, 0.25) is 0 Å². The van der Waals surface area contributed by atoms with Gasteiger partial charge in [-0.25, -0.2) is 4.98 Å². The lowest BCUT2D eigenvalue weighted by Crippen LogP contribution is -2.40. The molecule has 0 spiro atoms. The zero-order chi connectivity index (χ0) is 16.7. The number of anilines is 1. The molecule has 2 aromatic carbocycles. The van der Waals surface area contributed by atoms with Crippen LogP contribution in [0.4, 0.5) is 5.13 Å². The number of nitrogens with one attached hydrogen (secondary N) is 1. The van der Waals surface area contributed by atoms with Gasteiger partial charge in [0.25, 0.3) is 5.91 Å². The first-order valence-corrected chi connectivity index (χ1v) is 8.49. The van der Waals surface area contributed by atoms with Crippen molar-refractivity contribution in [3.63, 3.8) is 0 Å². The first kappa shape index (κ1) is 15.0. The molecular weight excluding hydrogens is 324 g/mol. The van der Waals surface area contributed by atoms with Crippen molar-refractivity contribution >= 4 is 32.6 Å². The van der Waals surface area contributed by atoms with Crippen LogP contribution >= 0.6 is 11.3 Å². The third-order valence-electron chi connectivity index (χ3n) is 3.85. The molecule has 3 aromatic rings. The second-order valence-corrected chi connectivity index (χ2v) is 6.80. The van der Waals surface area contributed by atoms with Gasteiger partial charge in [0.1, 0.15) is 6.61 Å². The molecule has 0 fully saturated rings. The van der Waals surface area contributed by atoms with Crippen molar-refractivity contribution in [2.24, 2.45) is 0 Å². The van der Waals surface area contributed by atoms with E-state index in [0.29, 0.717) is 16.6 Å². The number of carbonyl (C=O) groups is 1. The van der Waals surface area contributed by atoms with Gasteiger partial charge in [-0.1, -0.05) is 29.5 Å². The van der Waals surface area contributed by atoms with Crippen molar-refractivity contribution in [1.82, 2.24) is 4.98 Å². The van der Waals surface area contributed by atoms with E-state index in [1.165, 1.54) is 11.3 Å². The number of ether oxygens (including phenoxy) is 2. The summed E-state index contributed by atoms with van der Waals surface area (Å²) < 4.78 is 12.4. The molecule has 1 aliphatic heterocycles. The molecule has 2 heterocycles. The van der Waals surface area contributed by atoms with E-state index in [2.05, 4.69) is 16.4 Å². The Bertz CT molecular complexity index is 935. The van der Waals surface area contributed by atoms with Gasteiger partial charge >= 0.3 is 0 Å². The lowest BCUT2D eigenvalue weighted by atomic mass is 10.1. The fraction of sp³-hybridized carbons (Fsp3) is 0.222. The zero-order valence-corrected chi connectivity index (χ0v) is 14.1. The number of hydrogen-bond donors (Lipinski definition) is 1. The van der Waals surface area contributed by atoms with Gasteiger partial charge in [0.15, 0.2) is 16.6 Å². The van der Waals surface area contributed by atoms with Crippen LogP contribution in [0.3, 0.4) is 0 Å². The van der Waals surface area contributed by atoms with E-state index in [9.17, 15) is 4.79 Å². The molecule has 0 radical (unpaired) electrons. The number of aromatic nitrogens is 1. The van der Waals surface area contributed by atoms with Crippen molar-refractivity contribution in [1.29, 1.82) is 0 Å². The molecule has 1 amide bonds. The number of carbonyl (C=O) groups excluding carboxylic acids is 1. The van der Waals surface area contributed by atoms with Crippen LogP contribution in [0.5, 0.6) is 11.5 Å². The van der Waals surface area contributed by atoms with Gasteiger partial charge < -0.3 is 9.47 Å². The summed E-state index contributed by atoms with van der Waals surface area (Å²) in [6, 6.07) is 11.5. The SMILES string of the molecule is Cc1cc(C)c2sc(NC(=O)[C@H]3COc4ccccc4O3)nc2c1. The number of nitrogens with zero attached hydrogens (tertiary/aromatic N) is 1. The topological polar surface area (TPSA) is 60.5 Å². The normalized spacial score (nSPS) is 16.2. The highest BCUT2D eigenvalue weighted by Gasteiger charge is 2.28. The quantitative estimate of drug-likeness (QED) is 0.773. The highest BCUT2D eigenvalue weighted by atomic mass is 32.1. The molecule has 1 aliphatic rings. The number of thiazole rings is 1. The summed E-state index contributed by atoms with van der Waals surface area (Å²) >= 11 is 1.47. The number of rotatable bonds is 2. The average molecular weight is 340 g/mol. The fourth-order valence-electron chi connectivity index (χ4n) is 2.76. The summed E-state index contributed by atoms with van der Waals surface area (Å²) in [5.41, 5.74) is 3.22. The minimum atomic E-state index is -0.685. The standard InChI is InChI=1S/C18H16N2O3S/c1-10-7-11(2)16-12(8-10)19-18(24-16)20-17(21)15-9-22-13-5-3-4-6-14(13)23-15/h3-8,15H,9H2,1-2H3,(H,19,20,21)/t15-/m1/s1. The molecule has 0 unspecified atom stereocenters. The molecule has 5 nitrogen and oxygen atoms in total. The molecule has 1 atom stereocenters. The Morgan fingerprint density at radius 1 is 1.25 bits per heavy atom. The molecular formula is C18H16N2O3S. The summed E-state index contributed by atoms with van der Waals surface area (Å²) in [6.45, 7) is 4.27. The van der Waals surface area contributed by atoms with Gasteiger partial charge in [-0.2, -0.15) is 0 Å². The van der Waals surface area contributed by atoms with Crippen LogP contribution in [-0.2, 0) is 4.79 Å². The second-order valence-electron chi connectivity index (χ2n) is 5.80. The number of benzene rings is 2. The van der Waals surface area contributed by atoms with Crippen LogP contribution in [0, 0.1) is 13.8 Å². The Kier molecular flexibility index (Phi) is 3.61. The van der Waals surface area contributed by atoms with Gasteiger partial charge in [0.2, 0.25) is 6.10 Å². The Labute approximate surface area is 143 Å². The summed E-state index contributed by atoms with van der Waals surface area (Å²) in [5, 5.41) is 3.42. The van der Waals surface area contributed by atoms with Gasteiger partial charge in [-0.15, -0.1) is 0 Å². The predicted octanol–water partition coefficient (Wildman–Crippen LogP) is 3.69. The molecule has 0 aliphatic carbocycles. The molecule has 6 heteroatoms. The maximum Gasteiger partial charge on any atom is 0.270 e. The summed E-state index contributed by atoms with van der Waals surface area (Å²) in [4.78, 5) is 17.0. The Balaban J connectivity index is 1.54. The number of aryl methyl sites for hydroxylation is 2. The second kappa shape index (κ2) is 5.79. The van der Waals surface area contributed by atoms with E-state index < -0.39 is 6.10 Å². The van der Waals surface area contributed by atoms with Crippen LogP contribution in [0.1, 0.15) is 11.1 Å². The Hall–Kier alpha value is -2.60. The number of amides is 1. The zero-order valence-electron chi connectivity index (χ0n) is 13.3. The van der Waals surface area contributed by atoms with Crippen molar-refractivity contribution in [2.75, 3.05) is 11.9 Å². The molecule has 0 saturated carbocycles. The molecule has 0 bridgehead atoms. The van der Waals surface area contributed by atoms with E-state index in [1.807, 2.05) is 38.1 Å². The molecule has 4 rings (SSSR count). The maximum absolute atomic E-state index is 12.5. The van der Waals surface area contributed by atoms with E-state index in [0.717, 1.165) is 21.3 Å². The summed E-state index contributed by atoms with van der Waals surface area (Å²) in [7, 11) is 0. The average Bonchev–Trinajstić information content (AvgIpc) is 2.97. The smallest absolute Gasteiger partial charge is 0.270 e. The number of para-hydroxylation sites is 2.